The summed E-state index contributed by atoms with van der Waals surface area (Å²) in [5.41, 5.74) is 0.571. The lowest BCUT2D eigenvalue weighted by Crippen LogP contribution is -2.19. The van der Waals surface area contributed by atoms with E-state index in [2.05, 4.69) is 11.6 Å². The predicted molar refractivity (Wildman–Crippen MR) is 72.9 cm³/mol. The third-order valence-corrected chi connectivity index (χ3v) is 3.10. The van der Waals surface area contributed by atoms with Crippen molar-refractivity contribution < 1.29 is 14.6 Å². The first kappa shape index (κ1) is 13.1. The summed E-state index contributed by atoms with van der Waals surface area (Å²) >= 11 is 1.26. The first-order valence-electron chi connectivity index (χ1n) is 5.39. The molecule has 0 atom stereocenters. The normalized spacial score (nSPS) is 11.5. The summed E-state index contributed by atoms with van der Waals surface area (Å²) in [4.78, 5) is 24.5. The summed E-state index contributed by atoms with van der Waals surface area (Å²) in [5, 5.41) is 8.53. The maximum absolute atomic E-state index is 11.5. The van der Waals surface area contributed by atoms with Gasteiger partial charge in [0.2, 0.25) is 0 Å². The van der Waals surface area contributed by atoms with Crippen LogP contribution in [0.3, 0.4) is 0 Å². The van der Waals surface area contributed by atoms with Crippen molar-refractivity contribution >= 4 is 30.0 Å². The Kier molecular flexibility index (Phi) is 3.82. The molecular formula is C13H11NO4S. The third-order valence-electron chi connectivity index (χ3n) is 2.23. The van der Waals surface area contributed by atoms with Crippen LogP contribution in [-0.4, -0.2) is 22.7 Å². The first-order chi connectivity index (χ1) is 9.04. The molecule has 1 aromatic heterocycles. The average molecular weight is 277 g/mol. The van der Waals surface area contributed by atoms with Crippen molar-refractivity contribution in [3.8, 4) is 5.75 Å². The number of H-pyrrole nitrogens is 1. The molecule has 19 heavy (non-hydrogen) atoms. The number of ether oxygens (including phenoxy) is 1. The minimum Gasteiger partial charge on any atom is -0.482 e. The van der Waals surface area contributed by atoms with Crippen LogP contribution in [0.4, 0.5) is 0 Å². The summed E-state index contributed by atoms with van der Waals surface area (Å²) in [6.07, 6.45) is 1.70. The Morgan fingerprint density at radius 3 is 2.95 bits per heavy atom. The minimum absolute atomic E-state index is 0.188. The molecule has 2 rings (SSSR count). The number of carbonyl (C=O) groups is 1. The monoisotopic (exact) mass is 277 g/mol. The highest BCUT2D eigenvalue weighted by molar-refractivity contribution is 7.07. The van der Waals surface area contributed by atoms with Crippen molar-refractivity contribution in [3.05, 3.63) is 49.4 Å². The number of aliphatic carboxylic acids is 1. The maximum atomic E-state index is 11.5. The van der Waals surface area contributed by atoms with Gasteiger partial charge in [0.1, 0.15) is 5.75 Å². The van der Waals surface area contributed by atoms with Gasteiger partial charge in [-0.1, -0.05) is 18.7 Å². The molecule has 0 bridgehead atoms. The molecule has 0 aliphatic carbocycles. The van der Waals surface area contributed by atoms with Crippen molar-refractivity contribution in [3.63, 3.8) is 0 Å². The average Bonchev–Trinajstić information content (AvgIpc) is 2.66. The summed E-state index contributed by atoms with van der Waals surface area (Å²) in [5.74, 6) is -0.593. The summed E-state index contributed by atoms with van der Waals surface area (Å²) in [6, 6.07) is 6.86. The Morgan fingerprint density at radius 2 is 2.32 bits per heavy atom. The predicted octanol–water partition coefficient (Wildman–Crippen LogP) is 0.139. The Balaban J connectivity index is 2.31. The molecule has 0 aliphatic heterocycles. The van der Waals surface area contributed by atoms with Crippen LogP contribution in [0, 0.1) is 0 Å². The lowest BCUT2D eigenvalue weighted by Gasteiger charge is -2.03. The zero-order chi connectivity index (χ0) is 13.8. The number of aromatic amines is 1. The fourth-order valence-electron chi connectivity index (χ4n) is 1.48. The van der Waals surface area contributed by atoms with E-state index >= 15 is 0 Å². The zero-order valence-electron chi connectivity index (χ0n) is 9.88. The van der Waals surface area contributed by atoms with Gasteiger partial charge in [-0.05, 0) is 23.8 Å². The van der Waals surface area contributed by atoms with Crippen LogP contribution in [-0.2, 0) is 4.79 Å². The number of carboxylic acid groups (broad SMARTS) is 1. The highest BCUT2D eigenvalue weighted by Gasteiger charge is 2.00. The van der Waals surface area contributed by atoms with Gasteiger partial charge in [-0.15, -0.1) is 11.3 Å². The van der Waals surface area contributed by atoms with E-state index in [1.165, 1.54) is 11.3 Å². The van der Waals surface area contributed by atoms with E-state index in [9.17, 15) is 9.59 Å². The molecule has 2 N–H and O–H groups in total. The molecule has 0 spiro atoms. The molecule has 1 aromatic carbocycles. The van der Waals surface area contributed by atoms with Gasteiger partial charge < -0.3 is 14.8 Å². The van der Waals surface area contributed by atoms with Crippen LogP contribution < -0.4 is 19.5 Å². The number of hydrogen-bond donors (Lipinski definition) is 2. The molecule has 0 amide bonds. The second-order valence-corrected chi connectivity index (χ2v) is 4.88. The van der Waals surface area contributed by atoms with Crippen LogP contribution >= 0.6 is 11.3 Å². The molecular weight excluding hydrogens is 266 g/mol. The van der Waals surface area contributed by atoms with Crippen LogP contribution in [0.1, 0.15) is 5.56 Å². The second kappa shape index (κ2) is 5.53. The van der Waals surface area contributed by atoms with Gasteiger partial charge in [0, 0.05) is 0 Å². The van der Waals surface area contributed by atoms with Crippen molar-refractivity contribution in [2.45, 2.75) is 0 Å². The Hall–Kier alpha value is -2.34. The van der Waals surface area contributed by atoms with Crippen molar-refractivity contribution in [2.24, 2.45) is 0 Å². The molecule has 0 saturated heterocycles. The summed E-state index contributed by atoms with van der Waals surface area (Å²) in [7, 11) is 0. The summed E-state index contributed by atoms with van der Waals surface area (Å²) < 4.78 is 6.20. The third kappa shape index (κ3) is 3.56. The smallest absolute Gasteiger partial charge is 0.341 e. The van der Waals surface area contributed by atoms with Gasteiger partial charge >= 0.3 is 5.97 Å². The highest BCUT2D eigenvalue weighted by Crippen LogP contribution is 2.13. The highest BCUT2D eigenvalue weighted by atomic mass is 32.1. The second-order valence-electron chi connectivity index (χ2n) is 3.74. The van der Waals surface area contributed by atoms with Crippen molar-refractivity contribution in [2.75, 3.05) is 6.61 Å². The van der Waals surface area contributed by atoms with Gasteiger partial charge in [-0.25, -0.2) is 4.79 Å². The fourth-order valence-corrected chi connectivity index (χ4v) is 2.23. The molecule has 0 radical (unpaired) electrons. The number of thiazole rings is 1. The molecule has 0 aliphatic rings. The van der Waals surface area contributed by atoms with E-state index in [1.54, 1.807) is 30.3 Å². The van der Waals surface area contributed by atoms with E-state index in [1.807, 2.05) is 0 Å². The first-order valence-corrected chi connectivity index (χ1v) is 6.21. The summed E-state index contributed by atoms with van der Waals surface area (Å²) in [6.45, 7) is 3.27. The molecule has 6 heteroatoms. The minimum atomic E-state index is -1.04. The SMILES string of the molecule is C=c1[nH]c(=O)/c(=C/c2cccc(OCC(=O)O)c2)s1. The van der Waals surface area contributed by atoms with E-state index in [-0.39, 0.29) is 5.56 Å². The number of nitrogens with one attached hydrogen (secondary N) is 1. The lowest BCUT2D eigenvalue weighted by atomic mass is 10.2. The number of carboxylic acids is 1. The molecule has 1 heterocycles. The number of hydrogen-bond acceptors (Lipinski definition) is 4. The standard InChI is InChI=1S/C13H11NO4S/c1-8-14-13(17)11(19-8)6-9-3-2-4-10(5-9)18-7-12(15)16/h2-6H,1,7H2,(H,14,17)(H,15,16)/b11-6-. The Bertz CT molecular complexity index is 759. The molecule has 5 nitrogen and oxygen atoms in total. The van der Waals surface area contributed by atoms with Crippen molar-refractivity contribution in [1.82, 2.24) is 4.98 Å². The maximum Gasteiger partial charge on any atom is 0.341 e. The fraction of sp³-hybridized carbons (Fsp3) is 0.0769. The topological polar surface area (TPSA) is 79.4 Å². The van der Waals surface area contributed by atoms with E-state index < -0.39 is 12.6 Å². The Morgan fingerprint density at radius 1 is 1.53 bits per heavy atom. The van der Waals surface area contributed by atoms with Gasteiger partial charge in [0.25, 0.3) is 5.56 Å². The molecule has 0 saturated carbocycles. The molecule has 0 unspecified atom stereocenters. The van der Waals surface area contributed by atoms with E-state index in [4.69, 9.17) is 9.84 Å². The molecule has 2 aromatic rings. The molecule has 98 valence electrons. The largest absolute Gasteiger partial charge is 0.482 e. The van der Waals surface area contributed by atoms with Crippen LogP contribution in [0.15, 0.2) is 29.1 Å². The van der Waals surface area contributed by atoms with Crippen molar-refractivity contribution in [1.29, 1.82) is 0 Å². The molecule has 0 fully saturated rings. The number of benzene rings is 1. The van der Waals surface area contributed by atoms with Crippen LogP contribution in [0.5, 0.6) is 5.75 Å². The van der Waals surface area contributed by atoms with Gasteiger partial charge in [0.05, 0.1) is 9.20 Å². The van der Waals surface area contributed by atoms with Crippen LogP contribution in [0.25, 0.3) is 12.7 Å². The zero-order valence-corrected chi connectivity index (χ0v) is 10.7. The number of rotatable bonds is 4. The lowest BCUT2D eigenvalue weighted by molar-refractivity contribution is -0.139. The van der Waals surface area contributed by atoms with Gasteiger partial charge in [-0.3, -0.25) is 4.79 Å². The van der Waals surface area contributed by atoms with Gasteiger partial charge in [0.15, 0.2) is 6.61 Å². The Labute approximate surface area is 112 Å². The van der Waals surface area contributed by atoms with Crippen LogP contribution in [0.2, 0.25) is 0 Å². The van der Waals surface area contributed by atoms with Gasteiger partial charge in [-0.2, -0.15) is 0 Å². The van der Waals surface area contributed by atoms with E-state index in [0.717, 1.165) is 5.56 Å². The quantitative estimate of drug-likeness (QED) is 0.833. The van der Waals surface area contributed by atoms with E-state index in [0.29, 0.717) is 14.9 Å². The number of aromatic nitrogens is 1.